The maximum Gasteiger partial charge on any atom is 0.225 e. The lowest BCUT2D eigenvalue weighted by Crippen LogP contribution is -2.45. The van der Waals surface area contributed by atoms with Crippen molar-refractivity contribution < 1.29 is 4.79 Å². The second-order valence-corrected chi connectivity index (χ2v) is 7.08. The first-order valence-electron chi connectivity index (χ1n) is 9.64. The van der Waals surface area contributed by atoms with Crippen LogP contribution in [0.15, 0.2) is 35.3 Å². The van der Waals surface area contributed by atoms with Crippen LogP contribution in [0.25, 0.3) is 0 Å². The quantitative estimate of drug-likeness (QED) is 0.395. The molecule has 5 nitrogen and oxygen atoms in total. The van der Waals surface area contributed by atoms with Crippen molar-refractivity contribution in [2.45, 2.75) is 51.6 Å². The Hall–Kier alpha value is -1.31. The molecule has 1 amide bonds. The smallest absolute Gasteiger partial charge is 0.225 e. The van der Waals surface area contributed by atoms with Gasteiger partial charge in [-0.2, -0.15) is 0 Å². The Morgan fingerprint density at radius 1 is 1.19 bits per heavy atom. The first-order chi connectivity index (χ1) is 12.3. The van der Waals surface area contributed by atoms with E-state index < -0.39 is 0 Å². The molecule has 144 valence electrons. The molecule has 26 heavy (non-hydrogen) atoms. The number of nitrogens with zero attached hydrogens (tertiary/aromatic N) is 2. The topological polar surface area (TPSA) is 56.7 Å². The molecular weight excluding hydrogens is 439 g/mol. The van der Waals surface area contributed by atoms with Crippen LogP contribution >= 0.6 is 24.0 Å². The molecule has 1 saturated heterocycles. The Balaban J connectivity index is 0.00000243. The second-order valence-electron chi connectivity index (χ2n) is 7.08. The van der Waals surface area contributed by atoms with Crippen molar-refractivity contribution in [2.24, 2.45) is 10.9 Å². The SMILES string of the molecule is CCNC(=NCc1ccccc1)NC1CCN(C(=O)C2CCCC2)C1.I. The van der Waals surface area contributed by atoms with Gasteiger partial charge in [-0.05, 0) is 31.7 Å². The van der Waals surface area contributed by atoms with E-state index in [0.717, 1.165) is 44.9 Å². The largest absolute Gasteiger partial charge is 0.357 e. The van der Waals surface area contributed by atoms with Crippen LogP contribution in [-0.2, 0) is 11.3 Å². The lowest BCUT2D eigenvalue weighted by Gasteiger charge is -2.21. The molecular formula is C20H31IN4O. The number of nitrogens with one attached hydrogen (secondary N) is 2. The Morgan fingerprint density at radius 2 is 1.92 bits per heavy atom. The summed E-state index contributed by atoms with van der Waals surface area (Å²) in [4.78, 5) is 19.3. The molecule has 1 aromatic rings. The molecule has 2 N–H and O–H groups in total. The van der Waals surface area contributed by atoms with Crippen molar-refractivity contribution >= 4 is 35.8 Å². The Bertz CT molecular complexity index is 587. The fourth-order valence-corrected chi connectivity index (χ4v) is 3.78. The van der Waals surface area contributed by atoms with Crippen LogP contribution in [0.5, 0.6) is 0 Å². The molecule has 1 heterocycles. The van der Waals surface area contributed by atoms with E-state index in [0.29, 0.717) is 18.5 Å². The van der Waals surface area contributed by atoms with Crippen molar-refractivity contribution in [1.82, 2.24) is 15.5 Å². The predicted molar refractivity (Wildman–Crippen MR) is 117 cm³/mol. The highest BCUT2D eigenvalue weighted by molar-refractivity contribution is 14.0. The standard InChI is InChI=1S/C20H30N4O.HI/c1-2-21-20(22-14-16-8-4-3-5-9-16)23-18-12-13-24(15-18)19(25)17-10-6-7-11-17;/h3-5,8-9,17-18H,2,6-7,10-15H2,1H3,(H2,21,22,23);1H. The molecule has 2 aliphatic rings. The summed E-state index contributed by atoms with van der Waals surface area (Å²) in [5.74, 6) is 1.48. The number of hydrogen-bond acceptors (Lipinski definition) is 2. The summed E-state index contributed by atoms with van der Waals surface area (Å²) in [5.41, 5.74) is 1.20. The summed E-state index contributed by atoms with van der Waals surface area (Å²) in [6, 6.07) is 10.6. The molecule has 6 heteroatoms. The number of guanidine groups is 1. The van der Waals surface area contributed by atoms with E-state index in [2.05, 4.69) is 39.6 Å². The van der Waals surface area contributed by atoms with Crippen LogP contribution in [-0.4, -0.2) is 42.4 Å². The van der Waals surface area contributed by atoms with E-state index in [1.54, 1.807) is 0 Å². The van der Waals surface area contributed by atoms with Gasteiger partial charge in [0.15, 0.2) is 5.96 Å². The van der Waals surface area contributed by atoms with Crippen molar-refractivity contribution in [3.8, 4) is 0 Å². The first kappa shape index (κ1) is 21.0. The molecule has 1 aliphatic carbocycles. The van der Waals surface area contributed by atoms with Crippen molar-refractivity contribution in [3.05, 3.63) is 35.9 Å². The number of halogens is 1. The zero-order valence-electron chi connectivity index (χ0n) is 15.6. The van der Waals surface area contributed by atoms with Gasteiger partial charge in [-0.1, -0.05) is 43.2 Å². The van der Waals surface area contributed by atoms with E-state index in [9.17, 15) is 4.79 Å². The van der Waals surface area contributed by atoms with Gasteiger partial charge in [-0.3, -0.25) is 4.79 Å². The summed E-state index contributed by atoms with van der Waals surface area (Å²) in [6.45, 7) is 5.23. The number of likely N-dealkylation sites (tertiary alicyclic amines) is 1. The highest BCUT2D eigenvalue weighted by atomic mass is 127. The normalized spacial score (nSPS) is 20.7. The van der Waals surface area contributed by atoms with Gasteiger partial charge in [0.25, 0.3) is 0 Å². The van der Waals surface area contributed by atoms with E-state index >= 15 is 0 Å². The van der Waals surface area contributed by atoms with E-state index in [4.69, 9.17) is 0 Å². The lowest BCUT2D eigenvalue weighted by atomic mass is 10.1. The maximum absolute atomic E-state index is 12.6. The van der Waals surface area contributed by atoms with E-state index in [-0.39, 0.29) is 29.9 Å². The zero-order valence-corrected chi connectivity index (χ0v) is 17.9. The fraction of sp³-hybridized carbons (Fsp3) is 0.600. The number of aliphatic imine (C=N–C) groups is 1. The van der Waals surface area contributed by atoms with Gasteiger partial charge >= 0.3 is 0 Å². The van der Waals surface area contributed by atoms with E-state index in [1.807, 2.05) is 18.2 Å². The third kappa shape index (κ3) is 5.86. The van der Waals surface area contributed by atoms with Crippen LogP contribution in [0.3, 0.4) is 0 Å². The van der Waals surface area contributed by atoms with Crippen molar-refractivity contribution in [2.75, 3.05) is 19.6 Å². The number of benzene rings is 1. The molecule has 1 aromatic carbocycles. The molecule has 0 bridgehead atoms. The molecule has 0 aromatic heterocycles. The van der Waals surface area contributed by atoms with Crippen molar-refractivity contribution in [1.29, 1.82) is 0 Å². The number of carbonyl (C=O) groups is 1. The highest BCUT2D eigenvalue weighted by Crippen LogP contribution is 2.27. The molecule has 1 unspecified atom stereocenters. The van der Waals surface area contributed by atoms with Crippen LogP contribution in [0.1, 0.15) is 44.6 Å². The summed E-state index contributed by atoms with van der Waals surface area (Å²) in [5, 5.41) is 6.82. The predicted octanol–water partition coefficient (Wildman–Crippen LogP) is 3.15. The van der Waals surface area contributed by atoms with Gasteiger partial charge < -0.3 is 15.5 Å². The second kappa shape index (κ2) is 10.7. The number of hydrogen-bond donors (Lipinski definition) is 2. The van der Waals surface area contributed by atoms with Gasteiger partial charge in [0.05, 0.1) is 6.54 Å². The Kier molecular flexibility index (Phi) is 8.68. The average Bonchev–Trinajstić information content (AvgIpc) is 3.32. The van der Waals surface area contributed by atoms with Gasteiger partial charge in [0.1, 0.15) is 0 Å². The van der Waals surface area contributed by atoms with Crippen molar-refractivity contribution in [3.63, 3.8) is 0 Å². The monoisotopic (exact) mass is 470 g/mol. The summed E-state index contributed by atoms with van der Waals surface area (Å²) in [7, 11) is 0. The third-order valence-electron chi connectivity index (χ3n) is 5.15. The van der Waals surface area contributed by atoms with E-state index in [1.165, 1.54) is 18.4 Å². The maximum atomic E-state index is 12.6. The summed E-state index contributed by atoms with van der Waals surface area (Å²) in [6.07, 6.45) is 5.57. The molecule has 3 rings (SSSR count). The van der Waals surface area contributed by atoms with Crippen LogP contribution in [0.4, 0.5) is 0 Å². The number of carbonyl (C=O) groups excluding carboxylic acids is 1. The Morgan fingerprint density at radius 3 is 2.62 bits per heavy atom. The molecule has 2 fully saturated rings. The van der Waals surface area contributed by atoms with Crippen LogP contribution in [0, 0.1) is 5.92 Å². The minimum Gasteiger partial charge on any atom is -0.357 e. The minimum atomic E-state index is 0. The average molecular weight is 470 g/mol. The third-order valence-corrected chi connectivity index (χ3v) is 5.15. The number of rotatable bonds is 5. The molecule has 0 radical (unpaired) electrons. The minimum absolute atomic E-state index is 0. The highest BCUT2D eigenvalue weighted by Gasteiger charge is 2.32. The van der Waals surface area contributed by atoms with Gasteiger partial charge in [0, 0.05) is 31.6 Å². The fourth-order valence-electron chi connectivity index (χ4n) is 3.78. The molecule has 1 aliphatic heterocycles. The first-order valence-corrected chi connectivity index (χ1v) is 9.64. The summed E-state index contributed by atoms with van der Waals surface area (Å²) < 4.78 is 0. The Labute approximate surface area is 174 Å². The van der Waals surface area contributed by atoms with Crippen LogP contribution < -0.4 is 10.6 Å². The van der Waals surface area contributed by atoms with Gasteiger partial charge in [-0.25, -0.2) is 4.99 Å². The lowest BCUT2D eigenvalue weighted by molar-refractivity contribution is -0.134. The molecule has 1 atom stereocenters. The van der Waals surface area contributed by atoms with Crippen LogP contribution in [0.2, 0.25) is 0 Å². The molecule has 0 spiro atoms. The van der Waals surface area contributed by atoms with Gasteiger partial charge in [0.2, 0.25) is 5.91 Å². The molecule has 1 saturated carbocycles. The zero-order chi connectivity index (χ0) is 17.5. The summed E-state index contributed by atoms with van der Waals surface area (Å²) >= 11 is 0. The number of amides is 1. The van der Waals surface area contributed by atoms with Gasteiger partial charge in [-0.15, -0.1) is 24.0 Å².